The van der Waals surface area contributed by atoms with Crippen LogP contribution in [0, 0.1) is 11.7 Å². The molecule has 0 aliphatic carbocycles. The maximum Gasteiger partial charge on any atom is 0.277 e. The SMILES string of the molecule is COc1cccc(-n2c(N3CCC[C@H](C(=O)Nc4ccc(F)cc4)C3)nc3ccsc3c2=O)c1. The van der Waals surface area contributed by atoms with Gasteiger partial charge in [0.25, 0.3) is 5.56 Å². The summed E-state index contributed by atoms with van der Waals surface area (Å²) in [4.78, 5) is 33.3. The molecule has 1 saturated heterocycles. The number of rotatable bonds is 5. The normalized spacial score (nSPS) is 15.9. The second-order valence-electron chi connectivity index (χ2n) is 8.17. The molecule has 0 bridgehead atoms. The van der Waals surface area contributed by atoms with Gasteiger partial charge in [0.15, 0.2) is 0 Å². The quantitative estimate of drug-likeness (QED) is 0.459. The van der Waals surface area contributed by atoms with Crippen LogP contribution in [0.5, 0.6) is 5.75 Å². The monoisotopic (exact) mass is 478 g/mol. The third-order valence-corrected chi connectivity index (χ3v) is 6.85. The fourth-order valence-corrected chi connectivity index (χ4v) is 5.01. The highest BCUT2D eigenvalue weighted by Crippen LogP contribution is 2.28. The Kier molecular flexibility index (Phi) is 6.02. The molecule has 1 fully saturated rings. The summed E-state index contributed by atoms with van der Waals surface area (Å²) in [7, 11) is 1.58. The number of fused-ring (bicyclic) bond motifs is 1. The molecule has 1 amide bonds. The number of benzene rings is 2. The van der Waals surface area contributed by atoms with Crippen molar-refractivity contribution in [2.24, 2.45) is 5.92 Å². The zero-order valence-electron chi connectivity index (χ0n) is 18.5. The molecule has 1 aliphatic heterocycles. The number of ether oxygens (including phenoxy) is 1. The van der Waals surface area contributed by atoms with Gasteiger partial charge in [-0.2, -0.15) is 0 Å². The minimum Gasteiger partial charge on any atom is -0.497 e. The largest absolute Gasteiger partial charge is 0.497 e. The van der Waals surface area contributed by atoms with Crippen LogP contribution in [0.2, 0.25) is 0 Å². The Hall–Kier alpha value is -3.72. The van der Waals surface area contributed by atoms with Crippen molar-refractivity contribution in [3.63, 3.8) is 0 Å². The summed E-state index contributed by atoms with van der Waals surface area (Å²) in [6, 6.07) is 14.8. The van der Waals surface area contributed by atoms with E-state index in [2.05, 4.69) is 5.32 Å². The van der Waals surface area contributed by atoms with E-state index in [1.165, 1.54) is 23.5 Å². The standard InChI is InChI=1S/C25H23FN4O3S/c1-33-20-6-2-5-19(14-20)30-24(32)22-21(11-13-34-22)28-25(30)29-12-3-4-16(15-29)23(31)27-18-9-7-17(26)8-10-18/h2,5-11,13-14,16H,3-4,12,15H2,1H3,(H,27,31)/t16-/m0/s1. The molecular formula is C25H23FN4O3S. The molecule has 0 radical (unpaired) electrons. The third kappa shape index (κ3) is 4.26. The van der Waals surface area contributed by atoms with E-state index in [1.807, 2.05) is 34.5 Å². The average molecular weight is 479 g/mol. The minimum atomic E-state index is -0.354. The summed E-state index contributed by atoms with van der Waals surface area (Å²) >= 11 is 1.36. The average Bonchev–Trinajstić information content (AvgIpc) is 3.35. The van der Waals surface area contributed by atoms with Crippen molar-refractivity contribution >= 4 is 39.1 Å². The van der Waals surface area contributed by atoms with E-state index in [4.69, 9.17) is 9.72 Å². The van der Waals surface area contributed by atoms with E-state index in [0.29, 0.717) is 52.8 Å². The Balaban J connectivity index is 1.50. The van der Waals surface area contributed by atoms with Gasteiger partial charge in [-0.1, -0.05) is 6.07 Å². The van der Waals surface area contributed by atoms with Gasteiger partial charge in [0.05, 0.1) is 24.2 Å². The van der Waals surface area contributed by atoms with Crippen molar-refractivity contribution in [3.05, 3.63) is 76.1 Å². The number of halogens is 1. The lowest BCUT2D eigenvalue weighted by Crippen LogP contribution is -2.43. The molecule has 1 N–H and O–H groups in total. The van der Waals surface area contributed by atoms with Crippen LogP contribution in [0.4, 0.5) is 16.0 Å². The molecule has 2 aromatic heterocycles. The van der Waals surface area contributed by atoms with Crippen molar-refractivity contribution in [1.82, 2.24) is 9.55 Å². The summed E-state index contributed by atoms with van der Waals surface area (Å²) in [6.45, 7) is 1.09. The van der Waals surface area contributed by atoms with Crippen LogP contribution >= 0.6 is 11.3 Å². The van der Waals surface area contributed by atoms with E-state index < -0.39 is 0 Å². The first kappa shape index (κ1) is 22.1. The smallest absolute Gasteiger partial charge is 0.277 e. The highest BCUT2D eigenvalue weighted by atomic mass is 32.1. The molecule has 34 heavy (non-hydrogen) atoms. The van der Waals surface area contributed by atoms with Crippen LogP contribution in [0.25, 0.3) is 15.9 Å². The number of piperidine rings is 1. The first-order valence-electron chi connectivity index (χ1n) is 11.0. The molecule has 9 heteroatoms. The summed E-state index contributed by atoms with van der Waals surface area (Å²) in [5, 5.41) is 4.73. The van der Waals surface area contributed by atoms with Gasteiger partial charge >= 0.3 is 0 Å². The Morgan fingerprint density at radius 1 is 1.21 bits per heavy atom. The second-order valence-corrected chi connectivity index (χ2v) is 9.09. The molecule has 0 spiro atoms. The predicted molar refractivity (Wildman–Crippen MR) is 132 cm³/mol. The van der Waals surface area contributed by atoms with Crippen LogP contribution in [0.3, 0.4) is 0 Å². The summed E-state index contributed by atoms with van der Waals surface area (Å²) in [5.74, 6) is 0.350. The van der Waals surface area contributed by atoms with Gasteiger partial charge in [-0.15, -0.1) is 11.3 Å². The number of thiophene rings is 1. The Morgan fingerprint density at radius 3 is 2.82 bits per heavy atom. The van der Waals surface area contributed by atoms with Crippen molar-refractivity contribution in [2.75, 3.05) is 30.4 Å². The molecular weight excluding hydrogens is 455 g/mol. The number of nitrogens with one attached hydrogen (secondary N) is 1. The molecule has 1 atom stereocenters. The summed E-state index contributed by atoms with van der Waals surface area (Å²) in [5.41, 5.74) is 1.69. The second kappa shape index (κ2) is 9.26. The highest BCUT2D eigenvalue weighted by Gasteiger charge is 2.29. The lowest BCUT2D eigenvalue weighted by molar-refractivity contribution is -0.120. The first-order valence-corrected chi connectivity index (χ1v) is 11.9. The molecule has 5 rings (SSSR count). The van der Waals surface area contributed by atoms with Crippen molar-refractivity contribution in [1.29, 1.82) is 0 Å². The van der Waals surface area contributed by atoms with E-state index in [0.717, 1.165) is 6.42 Å². The molecule has 4 aromatic rings. The molecule has 0 unspecified atom stereocenters. The molecule has 3 heterocycles. The fraction of sp³-hybridized carbons (Fsp3) is 0.240. The maximum absolute atomic E-state index is 13.5. The van der Waals surface area contributed by atoms with Gasteiger partial charge in [-0.25, -0.2) is 13.9 Å². The lowest BCUT2D eigenvalue weighted by Gasteiger charge is -2.34. The summed E-state index contributed by atoms with van der Waals surface area (Å²) < 4.78 is 20.7. The van der Waals surface area contributed by atoms with Gasteiger partial charge in [0.2, 0.25) is 11.9 Å². The third-order valence-electron chi connectivity index (χ3n) is 5.96. The van der Waals surface area contributed by atoms with Crippen LogP contribution in [-0.2, 0) is 4.79 Å². The number of amides is 1. The number of anilines is 2. The molecule has 174 valence electrons. The Morgan fingerprint density at radius 2 is 2.03 bits per heavy atom. The van der Waals surface area contributed by atoms with E-state index in [9.17, 15) is 14.0 Å². The molecule has 0 saturated carbocycles. The number of nitrogens with zero attached hydrogens (tertiary/aromatic N) is 3. The highest BCUT2D eigenvalue weighted by molar-refractivity contribution is 7.17. The van der Waals surface area contributed by atoms with Crippen LogP contribution in [0.1, 0.15) is 12.8 Å². The predicted octanol–water partition coefficient (Wildman–Crippen LogP) is 4.45. The molecule has 1 aliphatic rings. The molecule has 7 nitrogen and oxygen atoms in total. The van der Waals surface area contributed by atoms with Crippen molar-refractivity contribution < 1.29 is 13.9 Å². The van der Waals surface area contributed by atoms with Gasteiger partial charge in [0, 0.05) is 24.8 Å². The minimum absolute atomic E-state index is 0.136. The van der Waals surface area contributed by atoms with E-state index in [1.54, 1.807) is 29.9 Å². The zero-order valence-corrected chi connectivity index (χ0v) is 19.3. The van der Waals surface area contributed by atoms with Gasteiger partial charge < -0.3 is 15.0 Å². The van der Waals surface area contributed by atoms with Crippen molar-refractivity contribution in [2.45, 2.75) is 12.8 Å². The Bertz CT molecular complexity index is 1400. The van der Waals surface area contributed by atoms with Crippen LogP contribution in [-0.4, -0.2) is 35.7 Å². The van der Waals surface area contributed by atoms with Crippen LogP contribution in [0.15, 0.2) is 64.8 Å². The topological polar surface area (TPSA) is 76.5 Å². The summed E-state index contributed by atoms with van der Waals surface area (Å²) in [6.07, 6.45) is 1.49. The van der Waals surface area contributed by atoms with Crippen molar-refractivity contribution in [3.8, 4) is 11.4 Å². The number of aromatic nitrogens is 2. The number of hydrogen-bond acceptors (Lipinski definition) is 6. The number of hydrogen-bond donors (Lipinski definition) is 1. The number of methoxy groups -OCH3 is 1. The Labute approximate surface area is 199 Å². The van der Waals surface area contributed by atoms with E-state index >= 15 is 0 Å². The lowest BCUT2D eigenvalue weighted by atomic mass is 9.97. The fourth-order valence-electron chi connectivity index (χ4n) is 4.25. The molecule has 2 aromatic carbocycles. The first-order chi connectivity index (χ1) is 16.5. The van der Waals surface area contributed by atoms with E-state index in [-0.39, 0.29) is 23.2 Å². The number of carbonyl (C=O) groups is 1. The van der Waals surface area contributed by atoms with Crippen LogP contribution < -0.4 is 20.5 Å². The zero-order chi connectivity index (χ0) is 23.7. The number of carbonyl (C=O) groups excluding carboxylic acids is 1. The van der Waals surface area contributed by atoms with Gasteiger partial charge in [-0.3, -0.25) is 9.59 Å². The maximum atomic E-state index is 13.5. The van der Waals surface area contributed by atoms with Gasteiger partial charge in [0.1, 0.15) is 16.3 Å². The van der Waals surface area contributed by atoms with Gasteiger partial charge in [-0.05, 0) is 60.7 Å².